The van der Waals surface area contributed by atoms with Crippen LogP contribution >= 0.6 is 7.82 Å². The standard InChI is InChI=1S/C62H105O11P/c1-4-7-10-13-16-19-22-25-27-28-29-30-32-35-38-41-44-47-50-53-62(66)73-59(55-69-60(64)51-48-45-42-39-36-33-24-21-18-15-12-9-6-3)57-71-74(67,68)70-56-58(54-63)72-61(65)52-49-46-43-40-37-34-31-26-23-20-17-14-11-8-5-2/h7,9-10,12,16,18-19,21,25-27,29-31,33,36,58-59,63H,4-6,8,11,13-15,17,20,22-24,28,32,34-35,37-57H2,1-3H3,(H,67,68)/b10-7-,12-9-,19-16-,21-18-,27-25-,30-29-,31-26-,36-33-. The number of allylic oxidation sites excluding steroid dienone is 16. The Morgan fingerprint density at radius 2 is 0.703 bits per heavy atom. The fraction of sp³-hybridized carbons (Fsp3) is 0.694. The molecular formula is C62H105O11P. The molecule has 0 aliphatic rings. The van der Waals surface area contributed by atoms with Crippen molar-refractivity contribution in [2.75, 3.05) is 26.4 Å². The molecular weight excluding hydrogens is 952 g/mol. The lowest BCUT2D eigenvalue weighted by Gasteiger charge is -2.21. The molecule has 3 unspecified atom stereocenters. The molecule has 0 aromatic carbocycles. The number of ether oxygens (including phenoxy) is 3. The van der Waals surface area contributed by atoms with E-state index in [-0.39, 0.29) is 25.9 Å². The van der Waals surface area contributed by atoms with Crippen LogP contribution in [-0.2, 0) is 42.2 Å². The Bertz CT molecular complexity index is 1610. The molecule has 12 heteroatoms. The highest BCUT2D eigenvalue weighted by atomic mass is 31.2. The van der Waals surface area contributed by atoms with Crippen molar-refractivity contribution < 1.29 is 52.2 Å². The number of phosphoric ester groups is 1. The molecule has 0 aliphatic heterocycles. The second-order valence-corrected chi connectivity index (χ2v) is 20.5. The van der Waals surface area contributed by atoms with Gasteiger partial charge in [0.15, 0.2) is 6.10 Å². The monoisotopic (exact) mass is 1060 g/mol. The molecule has 0 fully saturated rings. The van der Waals surface area contributed by atoms with Gasteiger partial charge in [0.05, 0.1) is 19.8 Å². The van der Waals surface area contributed by atoms with Crippen LogP contribution in [0.5, 0.6) is 0 Å². The minimum absolute atomic E-state index is 0.140. The minimum Gasteiger partial charge on any atom is -0.462 e. The maximum atomic E-state index is 12.9. The molecule has 0 saturated carbocycles. The Kier molecular flexibility index (Phi) is 52.9. The first-order valence-electron chi connectivity index (χ1n) is 29.1. The number of carbonyl (C=O) groups excluding carboxylic acids is 3. The number of hydrogen-bond donors (Lipinski definition) is 2. The SMILES string of the molecule is CC/C=C\C/C=C\C/C=C\C/C=C\CCCCCCCCC(=O)OC(COC(=O)CCCCC/C=C\C/C=C\C/C=C\CC)COP(=O)(O)OCC(CO)OC(=O)CCCCCCC/C=C\CCCCCCCC. The molecule has 3 atom stereocenters. The third-order valence-corrected chi connectivity index (χ3v) is 12.9. The first kappa shape index (κ1) is 70.4. The van der Waals surface area contributed by atoms with E-state index in [1.165, 1.54) is 38.5 Å². The van der Waals surface area contributed by atoms with Crippen molar-refractivity contribution in [1.29, 1.82) is 0 Å². The normalized spacial score (nSPS) is 14.1. The van der Waals surface area contributed by atoms with E-state index in [0.717, 1.165) is 141 Å². The zero-order chi connectivity index (χ0) is 54.1. The Balaban J connectivity index is 4.77. The Hall–Kier alpha value is -3.60. The van der Waals surface area contributed by atoms with Gasteiger partial charge in [-0.3, -0.25) is 23.4 Å². The summed E-state index contributed by atoms with van der Waals surface area (Å²) in [6.45, 7) is 4.35. The fourth-order valence-electron chi connectivity index (χ4n) is 7.59. The van der Waals surface area contributed by atoms with Crippen LogP contribution in [0.4, 0.5) is 0 Å². The van der Waals surface area contributed by atoms with Gasteiger partial charge in [0.1, 0.15) is 12.7 Å². The van der Waals surface area contributed by atoms with Crippen LogP contribution in [0, 0.1) is 0 Å². The van der Waals surface area contributed by atoms with Crippen LogP contribution in [-0.4, -0.2) is 66.5 Å². The number of carbonyl (C=O) groups is 3. The molecule has 0 aromatic rings. The summed E-state index contributed by atoms with van der Waals surface area (Å²) in [6, 6.07) is 0. The Morgan fingerprint density at radius 3 is 1.11 bits per heavy atom. The molecule has 0 saturated heterocycles. The van der Waals surface area contributed by atoms with Gasteiger partial charge in [-0.2, -0.15) is 0 Å². The van der Waals surface area contributed by atoms with E-state index in [2.05, 4.69) is 118 Å². The van der Waals surface area contributed by atoms with Gasteiger partial charge < -0.3 is 24.2 Å². The Morgan fingerprint density at radius 1 is 0.392 bits per heavy atom. The van der Waals surface area contributed by atoms with Crippen molar-refractivity contribution in [1.82, 2.24) is 0 Å². The highest BCUT2D eigenvalue weighted by molar-refractivity contribution is 7.47. The van der Waals surface area contributed by atoms with E-state index in [1.807, 2.05) is 0 Å². The van der Waals surface area contributed by atoms with Gasteiger partial charge in [0.25, 0.3) is 0 Å². The summed E-state index contributed by atoms with van der Waals surface area (Å²) in [6.07, 6.45) is 65.1. The lowest BCUT2D eigenvalue weighted by atomic mass is 10.1. The van der Waals surface area contributed by atoms with E-state index in [4.69, 9.17) is 23.3 Å². The lowest BCUT2D eigenvalue weighted by molar-refractivity contribution is -0.161. The first-order valence-corrected chi connectivity index (χ1v) is 30.6. The molecule has 74 heavy (non-hydrogen) atoms. The van der Waals surface area contributed by atoms with Crippen molar-refractivity contribution in [2.24, 2.45) is 0 Å². The number of phosphoric acid groups is 1. The molecule has 0 rings (SSSR count). The second kappa shape index (κ2) is 55.6. The number of aliphatic hydroxyl groups is 1. The zero-order valence-electron chi connectivity index (χ0n) is 46.8. The molecule has 0 radical (unpaired) electrons. The van der Waals surface area contributed by atoms with Crippen LogP contribution in [0.2, 0.25) is 0 Å². The number of unbranched alkanes of at least 4 members (excludes halogenated alkanes) is 20. The summed E-state index contributed by atoms with van der Waals surface area (Å²) in [5, 5.41) is 9.82. The van der Waals surface area contributed by atoms with Crippen LogP contribution in [0.3, 0.4) is 0 Å². The Labute approximate surface area is 451 Å². The van der Waals surface area contributed by atoms with Crippen LogP contribution in [0.25, 0.3) is 0 Å². The summed E-state index contributed by atoms with van der Waals surface area (Å²) < 4.78 is 39.5. The lowest BCUT2D eigenvalue weighted by Crippen LogP contribution is -2.30. The molecule has 11 nitrogen and oxygen atoms in total. The van der Waals surface area contributed by atoms with E-state index in [0.29, 0.717) is 19.3 Å². The molecule has 0 spiro atoms. The number of esters is 3. The van der Waals surface area contributed by atoms with Crippen molar-refractivity contribution in [3.05, 3.63) is 97.2 Å². The molecule has 2 N–H and O–H groups in total. The van der Waals surface area contributed by atoms with Gasteiger partial charge in [-0.15, -0.1) is 0 Å². The van der Waals surface area contributed by atoms with E-state index < -0.39 is 57.8 Å². The fourth-order valence-corrected chi connectivity index (χ4v) is 8.37. The predicted molar refractivity (Wildman–Crippen MR) is 307 cm³/mol. The van der Waals surface area contributed by atoms with Crippen molar-refractivity contribution in [2.45, 2.75) is 251 Å². The summed E-state index contributed by atoms with van der Waals surface area (Å²) in [4.78, 5) is 48.5. The number of hydrogen-bond acceptors (Lipinski definition) is 10. The minimum atomic E-state index is -4.76. The van der Waals surface area contributed by atoms with E-state index in [1.54, 1.807) is 0 Å². The summed E-state index contributed by atoms with van der Waals surface area (Å²) in [5.41, 5.74) is 0. The topological polar surface area (TPSA) is 155 Å². The molecule has 424 valence electrons. The van der Waals surface area contributed by atoms with Gasteiger partial charge in [-0.1, -0.05) is 201 Å². The quantitative estimate of drug-likeness (QED) is 0.0197. The van der Waals surface area contributed by atoms with Crippen LogP contribution in [0.15, 0.2) is 97.2 Å². The third kappa shape index (κ3) is 53.2. The predicted octanol–water partition coefficient (Wildman–Crippen LogP) is 17.3. The summed E-state index contributed by atoms with van der Waals surface area (Å²) in [7, 11) is -4.76. The number of rotatable bonds is 53. The summed E-state index contributed by atoms with van der Waals surface area (Å²) in [5.74, 6) is -1.53. The van der Waals surface area contributed by atoms with E-state index in [9.17, 15) is 28.9 Å². The third-order valence-electron chi connectivity index (χ3n) is 12.0. The van der Waals surface area contributed by atoms with Gasteiger partial charge >= 0.3 is 25.7 Å². The smallest absolute Gasteiger partial charge is 0.462 e. The molecule has 0 amide bonds. The maximum Gasteiger partial charge on any atom is 0.472 e. The maximum absolute atomic E-state index is 12.9. The largest absolute Gasteiger partial charge is 0.472 e. The van der Waals surface area contributed by atoms with Gasteiger partial charge in [0.2, 0.25) is 0 Å². The van der Waals surface area contributed by atoms with Gasteiger partial charge in [0, 0.05) is 19.3 Å². The highest BCUT2D eigenvalue weighted by Crippen LogP contribution is 2.43. The first-order chi connectivity index (χ1) is 36.2. The molecule has 0 aromatic heterocycles. The average molecular weight is 1060 g/mol. The number of aliphatic hydroxyl groups excluding tert-OH is 1. The average Bonchev–Trinajstić information content (AvgIpc) is 3.39. The van der Waals surface area contributed by atoms with Crippen molar-refractivity contribution in [3.63, 3.8) is 0 Å². The summed E-state index contributed by atoms with van der Waals surface area (Å²) >= 11 is 0. The molecule has 0 bridgehead atoms. The van der Waals surface area contributed by atoms with Crippen molar-refractivity contribution in [3.8, 4) is 0 Å². The molecule has 0 aliphatic carbocycles. The van der Waals surface area contributed by atoms with Gasteiger partial charge in [-0.25, -0.2) is 4.57 Å². The van der Waals surface area contributed by atoms with Gasteiger partial charge in [-0.05, 0) is 116 Å². The van der Waals surface area contributed by atoms with Crippen LogP contribution < -0.4 is 0 Å². The second-order valence-electron chi connectivity index (χ2n) is 19.0. The van der Waals surface area contributed by atoms with E-state index >= 15 is 0 Å². The van der Waals surface area contributed by atoms with Crippen LogP contribution in [0.1, 0.15) is 239 Å². The zero-order valence-corrected chi connectivity index (χ0v) is 47.7. The highest BCUT2D eigenvalue weighted by Gasteiger charge is 2.28. The molecule has 0 heterocycles. The van der Waals surface area contributed by atoms with Crippen molar-refractivity contribution >= 4 is 25.7 Å².